The molecule has 0 radical (unpaired) electrons. The van der Waals surface area contributed by atoms with Crippen molar-refractivity contribution in [1.29, 1.82) is 0 Å². The number of thiophene rings is 1. The Morgan fingerprint density at radius 2 is 1.79 bits per heavy atom. The monoisotopic (exact) mass is 411 g/mol. The van der Waals surface area contributed by atoms with Gasteiger partial charge in [-0.2, -0.15) is 0 Å². The number of aromatic nitrogens is 2. The van der Waals surface area contributed by atoms with Crippen LogP contribution in [-0.4, -0.2) is 45.4 Å². The predicted octanol–water partition coefficient (Wildman–Crippen LogP) is 2.15. The minimum atomic E-state index is -0.546. The maximum Gasteiger partial charge on any atom is 0.348 e. The number of fused-ring (bicyclic) bond motifs is 2. The number of benzene rings is 1. The van der Waals surface area contributed by atoms with Crippen molar-refractivity contribution in [2.75, 3.05) is 13.2 Å². The fourth-order valence-electron chi connectivity index (χ4n) is 3.30. The van der Waals surface area contributed by atoms with Crippen LogP contribution in [0.15, 0.2) is 35.4 Å². The number of hydrogen-bond donors (Lipinski definition) is 0. The van der Waals surface area contributed by atoms with Crippen LogP contribution in [-0.2, 0) is 11.8 Å². The zero-order valence-electron chi connectivity index (χ0n) is 15.8. The van der Waals surface area contributed by atoms with Gasteiger partial charge in [-0.3, -0.25) is 19.3 Å². The average Bonchev–Trinajstić information content (AvgIpc) is 3.18. The number of ether oxygens (including phenoxy) is 1. The second kappa shape index (κ2) is 7.25. The minimum Gasteiger partial charge on any atom is -0.461 e. The Balaban J connectivity index is 1.39. The van der Waals surface area contributed by atoms with Crippen LogP contribution in [0.3, 0.4) is 0 Å². The fraction of sp³-hybridized carbons (Fsp3) is 0.250. The van der Waals surface area contributed by atoms with Crippen LogP contribution in [0.1, 0.15) is 42.4 Å². The topological polar surface area (TPSA) is 98.6 Å². The summed E-state index contributed by atoms with van der Waals surface area (Å²) in [4.78, 5) is 55.5. The molecule has 1 aromatic carbocycles. The molecule has 3 aromatic rings. The number of amides is 2. The van der Waals surface area contributed by atoms with Crippen molar-refractivity contribution < 1.29 is 19.1 Å². The van der Waals surface area contributed by atoms with Gasteiger partial charge in [0.15, 0.2) is 0 Å². The highest BCUT2D eigenvalue weighted by Crippen LogP contribution is 2.27. The minimum absolute atomic E-state index is 0.0470. The Bertz CT molecular complexity index is 1190. The van der Waals surface area contributed by atoms with Crippen LogP contribution in [0.2, 0.25) is 0 Å². The SMILES string of the molecule is Cc1c(C(=O)OCCCN2C(=O)c3ccccc3C2=O)sc2ncn(C)c(=O)c12. The van der Waals surface area contributed by atoms with E-state index in [9.17, 15) is 19.2 Å². The lowest BCUT2D eigenvalue weighted by Gasteiger charge is -2.13. The summed E-state index contributed by atoms with van der Waals surface area (Å²) in [5.74, 6) is -1.21. The first-order valence-electron chi connectivity index (χ1n) is 8.97. The number of aryl methyl sites for hydroxylation is 2. The van der Waals surface area contributed by atoms with Crippen molar-refractivity contribution in [3.05, 3.63) is 62.5 Å². The van der Waals surface area contributed by atoms with E-state index in [1.165, 1.54) is 10.9 Å². The Morgan fingerprint density at radius 3 is 2.45 bits per heavy atom. The Kier molecular flexibility index (Phi) is 4.75. The molecule has 148 valence electrons. The van der Waals surface area contributed by atoms with E-state index in [0.29, 0.717) is 38.2 Å². The number of rotatable bonds is 5. The molecule has 0 atom stereocenters. The molecule has 0 spiro atoms. The van der Waals surface area contributed by atoms with Crippen LogP contribution in [0.25, 0.3) is 10.2 Å². The first kappa shape index (κ1) is 19.0. The predicted molar refractivity (Wildman–Crippen MR) is 106 cm³/mol. The van der Waals surface area contributed by atoms with Gasteiger partial charge in [-0.1, -0.05) is 12.1 Å². The standard InChI is InChI=1S/C20H17N3O5S/c1-11-14-16(21-10-22(2)19(14)26)29-15(11)20(27)28-9-5-8-23-17(24)12-6-3-4-7-13(12)18(23)25/h3-4,6-7,10H,5,8-9H2,1-2H3. The molecule has 2 aromatic heterocycles. The quantitative estimate of drug-likeness (QED) is 0.362. The summed E-state index contributed by atoms with van der Waals surface area (Å²) in [7, 11) is 1.60. The third-order valence-corrected chi connectivity index (χ3v) is 6.01. The van der Waals surface area contributed by atoms with Gasteiger partial charge in [-0.05, 0) is 31.0 Å². The lowest BCUT2D eigenvalue weighted by Crippen LogP contribution is -2.31. The molecule has 3 heterocycles. The van der Waals surface area contributed by atoms with E-state index in [0.717, 1.165) is 16.2 Å². The molecule has 0 fully saturated rings. The van der Waals surface area contributed by atoms with Crippen molar-refractivity contribution in [2.24, 2.45) is 7.05 Å². The number of carbonyl (C=O) groups is 3. The summed E-state index contributed by atoms with van der Waals surface area (Å²) in [6.07, 6.45) is 1.74. The molecule has 2 amide bonds. The molecule has 29 heavy (non-hydrogen) atoms. The van der Waals surface area contributed by atoms with E-state index < -0.39 is 5.97 Å². The molecule has 0 unspecified atom stereocenters. The molecule has 0 aliphatic carbocycles. The molecule has 0 N–H and O–H groups in total. The lowest BCUT2D eigenvalue weighted by atomic mass is 10.1. The molecule has 8 nitrogen and oxygen atoms in total. The van der Waals surface area contributed by atoms with Crippen LogP contribution in [0, 0.1) is 6.92 Å². The highest BCUT2D eigenvalue weighted by molar-refractivity contribution is 7.20. The summed E-state index contributed by atoms with van der Waals surface area (Å²) < 4.78 is 6.66. The van der Waals surface area contributed by atoms with Gasteiger partial charge in [0, 0.05) is 13.6 Å². The Morgan fingerprint density at radius 1 is 1.14 bits per heavy atom. The zero-order chi connectivity index (χ0) is 20.7. The summed E-state index contributed by atoms with van der Waals surface area (Å²) >= 11 is 1.11. The smallest absolute Gasteiger partial charge is 0.348 e. The average molecular weight is 411 g/mol. The van der Waals surface area contributed by atoms with E-state index in [1.54, 1.807) is 38.2 Å². The third-order valence-electron chi connectivity index (χ3n) is 4.83. The fourth-order valence-corrected chi connectivity index (χ4v) is 4.33. The zero-order valence-corrected chi connectivity index (χ0v) is 16.6. The van der Waals surface area contributed by atoms with Crippen molar-refractivity contribution in [2.45, 2.75) is 13.3 Å². The van der Waals surface area contributed by atoms with Crippen LogP contribution < -0.4 is 5.56 Å². The molecule has 0 saturated heterocycles. The highest BCUT2D eigenvalue weighted by Gasteiger charge is 2.34. The number of esters is 1. The molecule has 0 saturated carbocycles. The number of nitrogens with zero attached hydrogens (tertiary/aromatic N) is 3. The largest absolute Gasteiger partial charge is 0.461 e. The van der Waals surface area contributed by atoms with Gasteiger partial charge >= 0.3 is 5.97 Å². The summed E-state index contributed by atoms with van der Waals surface area (Å²) in [6.45, 7) is 1.90. The maximum absolute atomic E-state index is 12.4. The molecule has 1 aliphatic rings. The Labute approximate surface area is 169 Å². The first-order valence-corrected chi connectivity index (χ1v) is 9.79. The highest BCUT2D eigenvalue weighted by atomic mass is 32.1. The van der Waals surface area contributed by atoms with Crippen molar-refractivity contribution >= 4 is 39.3 Å². The van der Waals surface area contributed by atoms with Crippen LogP contribution >= 0.6 is 11.3 Å². The van der Waals surface area contributed by atoms with Gasteiger partial charge in [0.05, 0.1) is 29.4 Å². The van der Waals surface area contributed by atoms with E-state index in [4.69, 9.17) is 4.74 Å². The van der Waals surface area contributed by atoms with Crippen molar-refractivity contribution in [3.63, 3.8) is 0 Å². The van der Waals surface area contributed by atoms with Crippen LogP contribution in [0.4, 0.5) is 0 Å². The van der Waals surface area contributed by atoms with Crippen molar-refractivity contribution in [1.82, 2.24) is 14.5 Å². The molecule has 9 heteroatoms. The van der Waals surface area contributed by atoms with E-state index in [-0.39, 0.29) is 30.5 Å². The van der Waals surface area contributed by atoms with Gasteiger partial charge in [0.2, 0.25) is 0 Å². The normalized spacial score (nSPS) is 13.2. The van der Waals surface area contributed by atoms with Crippen molar-refractivity contribution in [3.8, 4) is 0 Å². The molecular weight excluding hydrogens is 394 g/mol. The molecule has 1 aliphatic heterocycles. The summed E-state index contributed by atoms with van der Waals surface area (Å²) in [6, 6.07) is 6.67. The number of hydrogen-bond acceptors (Lipinski definition) is 7. The maximum atomic E-state index is 12.4. The van der Waals surface area contributed by atoms with Gasteiger partial charge in [-0.15, -0.1) is 11.3 Å². The van der Waals surface area contributed by atoms with E-state index in [2.05, 4.69) is 4.98 Å². The van der Waals surface area contributed by atoms with Crippen LogP contribution in [0.5, 0.6) is 0 Å². The van der Waals surface area contributed by atoms with E-state index in [1.807, 2.05) is 0 Å². The summed E-state index contributed by atoms with van der Waals surface area (Å²) in [5, 5.41) is 0.415. The third kappa shape index (κ3) is 3.13. The van der Waals surface area contributed by atoms with Gasteiger partial charge in [-0.25, -0.2) is 9.78 Å². The van der Waals surface area contributed by atoms with Gasteiger partial charge in [0.1, 0.15) is 9.71 Å². The second-order valence-electron chi connectivity index (χ2n) is 6.69. The number of carbonyl (C=O) groups excluding carboxylic acids is 3. The molecule has 0 bridgehead atoms. The second-order valence-corrected chi connectivity index (χ2v) is 7.69. The Hall–Kier alpha value is -3.33. The lowest BCUT2D eigenvalue weighted by molar-refractivity contribution is 0.0487. The number of imide groups is 1. The summed E-state index contributed by atoms with van der Waals surface area (Å²) in [5.41, 5.74) is 1.12. The first-order chi connectivity index (χ1) is 13.9. The van der Waals surface area contributed by atoms with Gasteiger partial charge < -0.3 is 9.30 Å². The molecule has 4 rings (SSSR count). The van der Waals surface area contributed by atoms with Gasteiger partial charge in [0.25, 0.3) is 17.4 Å². The van der Waals surface area contributed by atoms with E-state index >= 15 is 0 Å². The molecular formula is C20H17N3O5S.